The molecule has 0 aromatic heterocycles. The van der Waals surface area contributed by atoms with Crippen LogP contribution in [0.1, 0.15) is 34.5 Å². The normalized spacial score (nSPS) is 21.3. The van der Waals surface area contributed by atoms with Gasteiger partial charge in [0.1, 0.15) is 12.2 Å². The Kier molecular flexibility index (Phi) is 3.36. The Morgan fingerprint density at radius 2 is 1.81 bits per heavy atom. The first-order chi connectivity index (χ1) is 9.86. The van der Waals surface area contributed by atoms with Gasteiger partial charge in [0, 0.05) is 0 Å². The maximum atomic E-state index is 11.2. The van der Waals surface area contributed by atoms with Crippen LogP contribution in [0, 0.1) is 13.8 Å². The maximum Gasteiger partial charge on any atom is 0.294 e. The van der Waals surface area contributed by atoms with Gasteiger partial charge in [-0.1, -0.05) is 35.9 Å². The van der Waals surface area contributed by atoms with Gasteiger partial charge in [-0.3, -0.25) is 4.55 Å². The van der Waals surface area contributed by atoms with E-state index in [9.17, 15) is 8.42 Å². The monoisotopic (exact) mass is 304 g/mol. The van der Waals surface area contributed by atoms with E-state index in [1.807, 2.05) is 19.9 Å². The van der Waals surface area contributed by atoms with E-state index in [0.717, 1.165) is 22.3 Å². The molecule has 3 rings (SSSR count). The lowest BCUT2D eigenvalue weighted by molar-refractivity contribution is 0.377. The summed E-state index contributed by atoms with van der Waals surface area (Å²) in [7, 11) is -4.18. The lowest BCUT2D eigenvalue weighted by Gasteiger charge is -2.04. The van der Waals surface area contributed by atoms with Crippen LogP contribution in [0.25, 0.3) is 0 Å². The quantitative estimate of drug-likeness (QED) is 0.697. The van der Waals surface area contributed by atoms with Crippen LogP contribution in [0.5, 0.6) is 0 Å². The highest BCUT2D eigenvalue weighted by molar-refractivity contribution is 7.85. The van der Waals surface area contributed by atoms with Gasteiger partial charge >= 0.3 is 0 Å². The number of benzene rings is 2. The summed E-state index contributed by atoms with van der Waals surface area (Å²) >= 11 is 0. The fraction of sp³-hybridized carbons (Fsp3) is 0.250. The van der Waals surface area contributed by atoms with Crippen LogP contribution in [0.2, 0.25) is 0 Å². The van der Waals surface area contributed by atoms with Crippen LogP contribution in [0.4, 0.5) is 0 Å². The molecule has 2 aromatic rings. The highest BCUT2D eigenvalue weighted by Gasteiger charge is 2.42. The third kappa shape index (κ3) is 2.85. The maximum absolute atomic E-state index is 11.2. The van der Waals surface area contributed by atoms with E-state index in [1.165, 1.54) is 12.1 Å². The van der Waals surface area contributed by atoms with E-state index in [2.05, 4.69) is 18.2 Å². The Morgan fingerprint density at radius 1 is 1.05 bits per heavy atom. The van der Waals surface area contributed by atoms with Gasteiger partial charge in [-0.2, -0.15) is 8.42 Å². The average molecular weight is 304 g/mol. The van der Waals surface area contributed by atoms with Crippen LogP contribution in [0.15, 0.2) is 47.4 Å². The van der Waals surface area contributed by atoms with Crippen LogP contribution < -0.4 is 0 Å². The molecule has 2 aromatic carbocycles. The van der Waals surface area contributed by atoms with Crippen molar-refractivity contribution in [2.45, 2.75) is 31.0 Å². The molecule has 110 valence electrons. The summed E-state index contributed by atoms with van der Waals surface area (Å²) in [5.74, 6) is 0. The number of ether oxygens (including phenoxy) is 1. The predicted molar refractivity (Wildman–Crippen MR) is 78.7 cm³/mol. The zero-order valence-corrected chi connectivity index (χ0v) is 12.6. The van der Waals surface area contributed by atoms with Crippen LogP contribution in [-0.2, 0) is 14.9 Å². The van der Waals surface area contributed by atoms with Gasteiger partial charge in [0.2, 0.25) is 0 Å². The van der Waals surface area contributed by atoms with Gasteiger partial charge in [-0.15, -0.1) is 0 Å². The van der Waals surface area contributed by atoms with E-state index in [0.29, 0.717) is 0 Å². The van der Waals surface area contributed by atoms with Gasteiger partial charge in [0.25, 0.3) is 10.1 Å². The number of aryl methyl sites for hydroxylation is 2. The number of hydrogen-bond acceptors (Lipinski definition) is 3. The Morgan fingerprint density at radius 3 is 2.52 bits per heavy atom. The summed E-state index contributed by atoms with van der Waals surface area (Å²) in [4.78, 5) is -0.102. The number of epoxide rings is 1. The zero-order valence-electron chi connectivity index (χ0n) is 11.8. The van der Waals surface area contributed by atoms with Crippen molar-refractivity contribution in [2.24, 2.45) is 0 Å². The lowest BCUT2D eigenvalue weighted by atomic mass is 9.99. The molecular weight excluding hydrogens is 288 g/mol. The summed E-state index contributed by atoms with van der Waals surface area (Å²) in [6.45, 7) is 4.06. The first-order valence-electron chi connectivity index (χ1n) is 6.66. The van der Waals surface area contributed by atoms with Crippen LogP contribution in [-0.4, -0.2) is 13.0 Å². The first-order valence-corrected chi connectivity index (χ1v) is 8.10. The minimum absolute atomic E-state index is 0.0541. The third-order valence-corrected chi connectivity index (χ3v) is 4.57. The molecular formula is C16H16O4S. The van der Waals surface area contributed by atoms with Crippen molar-refractivity contribution in [1.82, 2.24) is 0 Å². The van der Waals surface area contributed by atoms with Crippen LogP contribution in [0.3, 0.4) is 0 Å². The van der Waals surface area contributed by atoms with E-state index in [-0.39, 0.29) is 17.1 Å². The van der Waals surface area contributed by atoms with Crippen molar-refractivity contribution < 1.29 is 17.7 Å². The van der Waals surface area contributed by atoms with E-state index >= 15 is 0 Å². The standard InChI is InChI=1S/C16H16O4S/c1-10-6-7-11(2)14(8-10)16-15(20-16)12-4-3-5-13(9-12)21(17,18)19/h3-9,15-16H,1-2H3,(H,17,18,19)/t15-,16?/m0/s1. The number of hydrogen-bond donors (Lipinski definition) is 1. The minimum atomic E-state index is -4.18. The lowest BCUT2D eigenvalue weighted by Crippen LogP contribution is -1.98. The van der Waals surface area contributed by atoms with Gasteiger partial charge in [-0.05, 0) is 42.7 Å². The summed E-state index contributed by atoms with van der Waals surface area (Å²) < 4.78 is 37.2. The van der Waals surface area contributed by atoms with E-state index < -0.39 is 10.1 Å². The molecule has 1 heterocycles. The minimum Gasteiger partial charge on any atom is -0.359 e. The van der Waals surface area contributed by atoms with Gasteiger partial charge in [0.15, 0.2) is 0 Å². The van der Waals surface area contributed by atoms with Crippen molar-refractivity contribution in [3.05, 3.63) is 64.7 Å². The van der Waals surface area contributed by atoms with Crippen molar-refractivity contribution >= 4 is 10.1 Å². The highest BCUT2D eigenvalue weighted by atomic mass is 32.2. The SMILES string of the molecule is Cc1ccc(C)c(C2O[C@H]2c2cccc(S(=O)(=O)O)c2)c1. The molecule has 1 aliphatic rings. The largest absolute Gasteiger partial charge is 0.359 e. The smallest absolute Gasteiger partial charge is 0.294 e. The second-order valence-electron chi connectivity index (χ2n) is 5.38. The Hall–Kier alpha value is -1.69. The van der Waals surface area contributed by atoms with Crippen LogP contribution >= 0.6 is 0 Å². The van der Waals surface area contributed by atoms with Gasteiger partial charge in [0.05, 0.1) is 4.90 Å². The molecule has 5 heteroatoms. The molecule has 21 heavy (non-hydrogen) atoms. The van der Waals surface area contributed by atoms with Crippen molar-refractivity contribution in [3.8, 4) is 0 Å². The van der Waals surface area contributed by atoms with E-state index in [4.69, 9.17) is 9.29 Å². The Balaban J connectivity index is 1.90. The third-order valence-electron chi connectivity index (χ3n) is 3.72. The molecule has 1 fully saturated rings. The zero-order chi connectivity index (χ0) is 15.2. The molecule has 0 saturated carbocycles. The van der Waals surface area contributed by atoms with Crippen molar-refractivity contribution in [2.75, 3.05) is 0 Å². The highest BCUT2D eigenvalue weighted by Crippen LogP contribution is 2.52. The number of rotatable bonds is 3. The molecule has 0 spiro atoms. The fourth-order valence-electron chi connectivity index (χ4n) is 2.52. The average Bonchev–Trinajstić information content (AvgIpc) is 3.21. The molecule has 0 radical (unpaired) electrons. The Bertz CT molecular complexity index is 796. The first kappa shape index (κ1) is 14.3. The molecule has 0 aliphatic carbocycles. The van der Waals surface area contributed by atoms with Gasteiger partial charge in [-0.25, -0.2) is 0 Å². The molecule has 0 amide bonds. The van der Waals surface area contributed by atoms with Crippen molar-refractivity contribution in [3.63, 3.8) is 0 Å². The topological polar surface area (TPSA) is 66.9 Å². The fourth-order valence-corrected chi connectivity index (χ4v) is 3.06. The summed E-state index contributed by atoms with van der Waals surface area (Å²) in [6.07, 6.45) is -0.214. The molecule has 1 aliphatic heterocycles. The molecule has 0 bridgehead atoms. The second-order valence-corrected chi connectivity index (χ2v) is 6.81. The summed E-state index contributed by atoms with van der Waals surface area (Å²) in [6, 6.07) is 12.4. The predicted octanol–water partition coefficient (Wildman–Crippen LogP) is 3.36. The second kappa shape index (κ2) is 4.94. The molecule has 1 saturated heterocycles. The molecule has 1 N–H and O–H groups in total. The van der Waals surface area contributed by atoms with E-state index in [1.54, 1.807) is 6.07 Å². The summed E-state index contributed by atoms with van der Waals surface area (Å²) in [5.41, 5.74) is 4.20. The van der Waals surface area contributed by atoms with Crippen molar-refractivity contribution in [1.29, 1.82) is 0 Å². The summed E-state index contributed by atoms with van der Waals surface area (Å²) in [5, 5.41) is 0. The molecule has 2 atom stereocenters. The van der Waals surface area contributed by atoms with Gasteiger partial charge < -0.3 is 4.74 Å². The molecule has 1 unspecified atom stereocenters. The molecule has 4 nitrogen and oxygen atoms in total. The Labute approximate surface area is 124 Å².